The lowest BCUT2D eigenvalue weighted by Crippen LogP contribution is -2.77. The Morgan fingerprint density at radius 3 is 2.11 bits per heavy atom. The quantitative estimate of drug-likeness (QED) is 0.841. The summed E-state index contributed by atoms with van der Waals surface area (Å²) < 4.78 is 51.2. The van der Waals surface area contributed by atoms with Crippen LogP contribution in [0, 0.1) is 5.41 Å². The van der Waals surface area contributed by atoms with Crippen molar-refractivity contribution in [2.75, 3.05) is 0 Å². The Labute approximate surface area is 106 Å². The first-order chi connectivity index (χ1) is 8.72. The molecular weight excluding hydrogens is 264 g/mol. The van der Waals surface area contributed by atoms with Gasteiger partial charge in [-0.2, -0.15) is 13.2 Å². The molecule has 0 amide bonds. The van der Waals surface area contributed by atoms with E-state index >= 15 is 0 Å². The third kappa shape index (κ3) is 1.34. The molecule has 6 heteroatoms. The summed E-state index contributed by atoms with van der Waals surface area (Å²) in [5, 5.41) is 8.92. The first kappa shape index (κ1) is 12.4. The van der Waals surface area contributed by atoms with Crippen LogP contribution in [0.25, 0.3) is 0 Å². The van der Waals surface area contributed by atoms with E-state index in [1.165, 1.54) is 12.1 Å². The normalized spacial score (nSPS) is 36.3. The highest BCUT2D eigenvalue weighted by Crippen LogP contribution is 2.74. The van der Waals surface area contributed by atoms with Crippen LogP contribution in [0.3, 0.4) is 0 Å². The summed E-state index contributed by atoms with van der Waals surface area (Å²) in [7, 11) is 0. The molecule has 0 aromatic heterocycles. The monoisotopic (exact) mass is 274 g/mol. The smallest absolute Gasteiger partial charge is 0.416 e. The number of rotatable bonds is 2. The van der Waals surface area contributed by atoms with E-state index in [0.717, 1.165) is 12.1 Å². The van der Waals surface area contributed by atoms with Crippen LogP contribution in [-0.2, 0) is 16.4 Å². The standard InChI is InChI=1S/C13H10F4O2/c14-9-11(5-12(9,6-11)10(18)19)7-1-3-8(4-2-7)13(15,16)17/h1-4,9H,5-6H2,(H,18,19). The number of halogens is 4. The molecule has 0 radical (unpaired) electrons. The molecule has 2 bridgehead atoms. The minimum atomic E-state index is -4.42. The van der Waals surface area contributed by atoms with Crippen molar-refractivity contribution in [3.63, 3.8) is 0 Å². The molecule has 3 aliphatic rings. The Kier molecular flexibility index (Phi) is 2.16. The second-order valence-electron chi connectivity index (χ2n) is 5.41. The average molecular weight is 274 g/mol. The molecule has 1 aromatic rings. The topological polar surface area (TPSA) is 37.3 Å². The molecule has 0 aliphatic heterocycles. The molecule has 19 heavy (non-hydrogen) atoms. The summed E-state index contributed by atoms with van der Waals surface area (Å²) in [5.74, 6) is -1.16. The zero-order valence-electron chi connectivity index (χ0n) is 9.67. The van der Waals surface area contributed by atoms with Gasteiger partial charge in [0.1, 0.15) is 11.6 Å². The fourth-order valence-corrected chi connectivity index (χ4v) is 3.30. The number of alkyl halides is 4. The Bertz CT molecular complexity index is 541. The molecule has 3 aliphatic carbocycles. The average Bonchev–Trinajstić information content (AvgIpc) is 2.26. The summed E-state index contributed by atoms with van der Waals surface area (Å²) >= 11 is 0. The highest BCUT2D eigenvalue weighted by atomic mass is 19.4. The van der Waals surface area contributed by atoms with Crippen LogP contribution in [0.5, 0.6) is 0 Å². The third-order valence-electron chi connectivity index (χ3n) is 4.45. The van der Waals surface area contributed by atoms with E-state index in [2.05, 4.69) is 0 Å². The highest BCUT2D eigenvalue weighted by molar-refractivity contribution is 5.82. The molecule has 1 aromatic carbocycles. The lowest BCUT2D eigenvalue weighted by atomic mass is 9.32. The predicted octanol–water partition coefficient (Wildman–Crippen LogP) is 3.16. The fraction of sp³-hybridized carbons (Fsp3) is 0.462. The second kappa shape index (κ2) is 3.29. The van der Waals surface area contributed by atoms with Crippen molar-refractivity contribution < 1.29 is 27.5 Å². The van der Waals surface area contributed by atoms with Gasteiger partial charge in [-0.15, -0.1) is 0 Å². The van der Waals surface area contributed by atoms with Gasteiger partial charge in [0.25, 0.3) is 0 Å². The van der Waals surface area contributed by atoms with E-state index in [1.807, 2.05) is 0 Å². The molecule has 1 unspecified atom stereocenters. The molecule has 0 heterocycles. The van der Waals surface area contributed by atoms with Gasteiger partial charge in [-0.3, -0.25) is 4.79 Å². The lowest BCUT2D eigenvalue weighted by Gasteiger charge is -2.70. The Morgan fingerprint density at radius 1 is 1.21 bits per heavy atom. The van der Waals surface area contributed by atoms with Crippen molar-refractivity contribution >= 4 is 5.97 Å². The second-order valence-corrected chi connectivity index (χ2v) is 5.41. The van der Waals surface area contributed by atoms with E-state index < -0.39 is 34.7 Å². The van der Waals surface area contributed by atoms with E-state index in [9.17, 15) is 22.4 Å². The van der Waals surface area contributed by atoms with E-state index in [4.69, 9.17) is 5.11 Å². The summed E-state index contributed by atoms with van der Waals surface area (Å²) in [6, 6.07) is 4.33. The predicted molar refractivity (Wildman–Crippen MR) is 57.3 cm³/mol. The summed E-state index contributed by atoms with van der Waals surface area (Å²) in [6.07, 6.45) is -5.59. The number of hydrogen-bond acceptors (Lipinski definition) is 1. The van der Waals surface area contributed by atoms with Crippen LogP contribution in [0.2, 0.25) is 0 Å². The van der Waals surface area contributed by atoms with Gasteiger partial charge in [-0.05, 0) is 30.5 Å². The molecule has 2 nitrogen and oxygen atoms in total. The van der Waals surface area contributed by atoms with E-state index in [1.54, 1.807) is 0 Å². The molecule has 0 saturated heterocycles. The Balaban J connectivity index is 1.85. The first-order valence-electron chi connectivity index (χ1n) is 5.78. The number of carboxylic acids is 1. The molecule has 3 saturated carbocycles. The van der Waals surface area contributed by atoms with Crippen LogP contribution >= 0.6 is 0 Å². The number of carbonyl (C=O) groups is 1. The summed E-state index contributed by atoms with van der Waals surface area (Å²) in [4.78, 5) is 10.9. The van der Waals surface area contributed by atoms with Gasteiger partial charge in [0, 0.05) is 5.41 Å². The molecule has 102 valence electrons. The van der Waals surface area contributed by atoms with Crippen molar-refractivity contribution in [2.24, 2.45) is 5.41 Å². The summed E-state index contributed by atoms with van der Waals surface area (Å²) in [6.45, 7) is 0. The largest absolute Gasteiger partial charge is 0.481 e. The minimum absolute atomic E-state index is 0.169. The van der Waals surface area contributed by atoms with Crippen molar-refractivity contribution in [2.45, 2.75) is 30.6 Å². The zero-order chi connectivity index (χ0) is 14.1. The number of aliphatic carboxylic acids is 1. The zero-order valence-corrected chi connectivity index (χ0v) is 9.67. The Morgan fingerprint density at radius 2 is 1.74 bits per heavy atom. The van der Waals surface area contributed by atoms with Gasteiger partial charge in [-0.25, -0.2) is 4.39 Å². The van der Waals surface area contributed by atoms with Crippen LogP contribution in [0.4, 0.5) is 17.6 Å². The van der Waals surface area contributed by atoms with Gasteiger partial charge in [0.2, 0.25) is 0 Å². The highest BCUT2D eigenvalue weighted by Gasteiger charge is 2.81. The van der Waals surface area contributed by atoms with Crippen LogP contribution in [0.1, 0.15) is 24.0 Å². The molecule has 3 fully saturated rings. The van der Waals surface area contributed by atoms with Crippen molar-refractivity contribution in [3.8, 4) is 0 Å². The van der Waals surface area contributed by atoms with Gasteiger partial charge in [0.05, 0.1) is 5.56 Å². The lowest BCUT2D eigenvalue weighted by molar-refractivity contribution is -0.237. The number of hydrogen-bond donors (Lipinski definition) is 1. The maximum atomic E-state index is 13.9. The molecule has 0 spiro atoms. The number of carboxylic acid groups (broad SMARTS) is 1. The van der Waals surface area contributed by atoms with E-state index in [0.29, 0.717) is 5.56 Å². The Hall–Kier alpha value is -1.59. The third-order valence-corrected chi connectivity index (χ3v) is 4.45. The minimum Gasteiger partial charge on any atom is -0.481 e. The van der Waals surface area contributed by atoms with Crippen molar-refractivity contribution in [1.82, 2.24) is 0 Å². The molecule has 1 N–H and O–H groups in total. The van der Waals surface area contributed by atoms with Crippen LogP contribution in [0.15, 0.2) is 24.3 Å². The van der Waals surface area contributed by atoms with Gasteiger partial charge in [0.15, 0.2) is 0 Å². The fourth-order valence-electron chi connectivity index (χ4n) is 3.30. The molecular formula is C13H10F4O2. The maximum absolute atomic E-state index is 13.9. The van der Waals surface area contributed by atoms with Gasteiger partial charge < -0.3 is 5.11 Å². The van der Waals surface area contributed by atoms with E-state index in [-0.39, 0.29) is 12.8 Å². The van der Waals surface area contributed by atoms with Gasteiger partial charge >= 0.3 is 12.1 Å². The summed E-state index contributed by atoms with van der Waals surface area (Å²) in [5.41, 5.74) is -2.52. The first-order valence-corrected chi connectivity index (χ1v) is 5.78. The molecule has 4 rings (SSSR count). The molecule has 1 atom stereocenters. The maximum Gasteiger partial charge on any atom is 0.416 e. The van der Waals surface area contributed by atoms with Crippen LogP contribution < -0.4 is 0 Å². The SMILES string of the molecule is O=C(O)C12CC(c3ccc(C(F)(F)F)cc3)(C1)C2F. The van der Waals surface area contributed by atoms with Crippen LogP contribution in [-0.4, -0.2) is 17.2 Å². The van der Waals surface area contributed by atoms with Gasteiger partial charge in [-0.1, -0.05) is 12.1 Å². The van der Waals surface area contributed by atoms with Crippen molar-refractivity contribution in [1.29, 1.82) is 0 Å². The number of benzene rings is 1. The van der Waals surface area contributed by atoms with Crippen molar-refractivity contribution in [3.05, 3.63) is 35.4 Å².